The molecule has 0 radical (unpaired) electrons. The minimum Gasteiger partial charge on any atom is -0.461 e. The Labute approximate surface area is 221 Å². The second-order valence-electron chi connectivity index (χ2n) is 11.1. The first-order valence-corrected chi connectivity index (χ1v) is 14.5. The molecule has 0 spiro atoms. The molecule has 0 bridgehead atoms. The fraction of sp³-hybridized carbons (Fsp3) is 0.742. The lowest BCUT2D eigenvalue weighted by Crippen LogP contribution is -2.46. The predicted molar refractivity (Wildman–Crippen MR) is 149 cm³/mol. The normalized spacial score (nSPS) is 12.4. The van der Waals surface area contributed by atoms with Gasteiger partial charge in [-0.05, 0) is 52.0 Å². The summed E-state index contributed by atoms with van der Waals surface area (Å²) >= 11 is 0. The fourth-order valence-electron chi connectivity index (χ4n) is 4.31. The molecule has 0 fully saturated rings. The highest BCUT2D eigenvalue weighted by molar-refractivity contribution is 5.82. The van der Waals surface area contributed by atoms with Crippen LogP contribution in [-0.2, 0) is 20.7 Å². The van der Waals surface area contributed by atoms with Gasteiger partial charge in [-0.3, -0.25) is 0 Å². The second kappa shape index (κ2) is 19.1. The van der Waals surface area contributed by atoms with Gasteiger partial charge in [0.25, 0.3) is 0 Å². The van der Waals surface area contributed by atoms with Crippen LogP contribution in [0.25, 0.3) is 0 Å². The SMILES string of the molecule is CCCCCCCCC(CCCCCCCC)OC(=O)[C@H](Cc1ccccc1)NC(=O)OC(C)(C)C. The summed E-state index contributed by atoms with van der Waals surface area (Å²) in [5, 5.41) is 2.77. The average Bonchev–Trinajstić information content (AvgIpc) is 2.82. The van der Waals surface area contributed by atoms with Crippen LogP contribution in [0, 0.1) is 0 Å². The fourth-order valence-corrected chi connectivity index (χ4v) is 4.31. The second-order valence-corrected chi connectivity index (χ2v) is 11.1. The maximum Gasteiger partial charge on any atom is 0.408 e. The summed E-state index contributed by atoms with van der Waals surface area (Å²) in [5.74, 6) is -0.369. The van der Waals surface area contributed by atoms with Crippen LogP contribution >= 0.6 is 0 Å². The number of rotatable bonds is 19. The monoisotopic (exact) mass is 503 g/mol. The number of carbonyl (C=O) groups excluding carboxylic acids is 2. The first-order valence-electron chi connectivity index (χ1n) is 14.5. The molecule has 0 aliphatic rings. The molecule has 1 amide bonds. The molecule has 1 atom stereocenters. The van der Waals surface area contributed by atoms with E-state index in [1.54, 1.807) is 0 Å². The number of carbonyl (C=O) groups is 2. The van der Waals surface area contributed by atoms with Crippen molar-refractivity contribution in [3.05, 3.63) is 35.9 Å². The van der Waals surface area contributed by atoms with Crippen LogP contribution < -0.4 is 5.32 Å². The lowest BCUT2D eigenvalue weighted by Gasteiger charge is -2.25. The molecule has 1 aromatic rings. The molecule has 1 N–H and O–H groups in total. The summed E-state index contributed by atoms with van der Waals surface area (Å²) in [4.78, 5) is 25.8. The van der Waals surface area contributed by atoms with Gasteiger partial charge in [0.1, 0.15) is 17.7 Å². The molecule has 0 unspecified atom stereocenters. The quantitative estimate of drug-likeness (QED) is 0.152. The van der Waals surface area contributed by atoms with Gasteiger partial charge in [-0.2, -0.15) is 0 Å². The highest BCUT2D eigenvalue weighted by Gasteiger charge is 2.28. The third kappa shape index (κ3) is 16.6. The molecule has 0 aromatic heterocycles. The zero-order valence-corrected chi connectivity index (χ0v) is 23.8. The number of nitrogens with one attached hydrogen (secondary N) is 1. The van der Waals surface area contributed by atoms with Crippen LogP contribution in [0.5, 0.6) is 0 Å². The Morgan fingerprint density at radius 3 is 1.78 bits per heavy atom. The van der Waals surface area contributed by atoms with Gasteiger partial charge >= 0.3 is 12.1 Å². The minimum absolute atomic E-state index is 0.103. The third-order valence-corrected chi connectivity index (χ3v) is 6.30. The molecule has 1 rings (SSSR count). The molecular weight excluding hydrogens is 450 g/mol. The van der Waals surface area contributed by atoms with Crippen molar-refractivity contribution in [2.45, 2.75) is 149 Å². The third-order valence-electron chi connectivity index (χ3n) is 6.30. The summed E-state index contributed by atoms with van der Waals surface area (Å²) in [5.41, 5.74) is 0.336. The molecule has 1 aromatic carbocycles. The number of hydrogen-bond acceptors (Lipinski definition) is 4. The van der Waals surface area contributed by atoms with E-state index in [9.17, 15) is 9.59 Å². The standard InChI is InChI=1S/C31H53NO4/c1-6-8-10-12-14-19-23-27(24-20-15-13-11-9-7-2)35-29(33)28(25-26-21-17-16-18-22-26)32-30(34)36-31(3,4)5/h16-18,21-22,27-28H,6-15,19-20,23-25H2,1-5H3,(H,32,34)/t28-/m0/s1. The first kappa shape index (κ1) is 32.0. The van der Waals surface area contributed by atoms with Gasteiger partial charge in [0.2, 0.25) is 0 Å². The lowest BCUT2D eigenvalue weighted by molar-refractivity contribution is -0.152. The predicted octanol–water partition coefficient (Wildman–Crippen LogP) is 8.54. The average molecular weight is 504 g/mol. The summed E-state index contributed by atoms with van der Waals surface area (Å²) in [6.07, 6.45) is 16.0. The van der Waals surface area contributed by atoms with Crippen LogP contribution in [0.15, 0.2) is 30.3 Å². The van der Waals surface area contributed by atoms with E-state index in [1.807, 2.05) is 51.1 Å². The highest BCUT2D eigenvalue weighted by atomic mass is 16.6. The van der Waals surface area contributed by atoms with Gasteiger partial charge in [-0.1, -0.05) is 108 Å². The number of esters is 1. The molecule has 0 heterocycles. The Hall–Kier alpha value is -2.04. The van der Waals surface area contributed by atoms with Crippen LogP contribution in [0.3, 0.4) is 0 Å². The molecular formula is C31H53NO4. The lowest BCUT2D eigenvalue weighted by atomic mass is 10.0. The number of benzene rings is 1. The summed E-state index contributed by atoms with van der Waals surface area (Å²) < 4.78 is 11.5. The summed E-state index contributed by atoms with van der Waals surface area (Å²) in [7, 11) is 0. The summed E-state index contributed by atoms with van der Waals surface area (Å²) in [6, 6.07) is 8.95. The molecule has 0 aliphatic carbocycles. The zero-order chi connectivity index (χ0) is 26.7. The maximum atomic E-state index is 13.3. The Morgan fingerprint density at radius 2 is 1.28 bits per heavy atom. The molecule has 36 heavy (non-hydrogen) atoms. The van der Waals surface area contributed by atoms with Crippen LogP contribution in [0.1, 0.15) is 130 Å². The van der Waals surface area contributed by atoms with Gasteiger partial charge in [0.05, 0.1) is 0 Å². The maximum absolute atomic E-state index is 13.3. The largest absolute Gasteiger partial charge is 0.461 e. The molecule has 5 nitrogen and oxygen atoms in total. The Kier molecular flexibility index (Phi) is 17.0. The van der Waals surface area contributed by atoms with Crippen molar-refractivity contribution in [3.63, 3.8) is 0 Å². The van der Waals surface area contributed by atoms with E-state index in [-0.39, 0.29) is 12.1 Å². The summed E-state index contributed by atoms with van der Waals surface area (Å²) in [6.45, 7) is 9.90. The van der Waals surface area contributed by atoms with Crippen molar-refractivity contribution in [3.8, 4) is 0 Å². The first-order chi connectivity index (χ1) is 17.2. The van der Waals surface area contributed by atoms with Gasteiger partial charge in [0.15, 0.2) is 0 Å². The zero-order valence-electron chi connectivity index (χ0n) is 23.8. The van der Waals surface area contributed by atoms with Gasteiger partial charge in [-0.15, -0.1) is 0 Å². The van der Waals surface area contributed by atoms with E-state index in [0.717, 1.165) is 31.2 Å². The van der Waals surface area contributed by atoms with Crippen LogP contribution in [0.4, 0.5) is 4.79 Å². The smallest absolute Gasteiger partial charge is 0.408 e. The molecule has 0 aliphatic heterocycles. The molecule has 5 heteroatoms. The Bertz CT molecular complexity index is 682. The van der Waals surface area contributed by atoms with E-state index in [0.29, 0.717) is 6.42 Å². The van der Waals surface area contributed by atoms with E-state index in [2.05, 4.69) is 19.2 Å². The number of hydrogen-bond donors (Lipinski definition) is 1. The van der Waals surface area contributed by atoms with Gasteiger partial charge in [0, 0.05) is 6.42 Å². The Morgan fingerprint density at radius 1 is 0.778 bits per heavy atom. The van der Waals surface area contributed by atoms with Gasteiger partial charge < -0.3 is 14.8 Å². The Balaban J connectivity index is 2.77. The molecule has 0 saturated carbocycles. The van der Waals surface area contributed by atoms with E-state index in [1.165, 1.54) is 64.2 Å². The van der Waals surface area contributed by atoms with Crippen molar-refractivity contribution in [2.75, 3.05) is 0 Å². The van der Waals surface area contributed by atoms with E-state index >= 15 is 0 Å². The van der Waals surface area contributed by atoms with Crippen molar-refractivity contribution >= 4 is 12.1 Å². The number of alkyl carbamates (subject to hydrolysis) is 1. The molecule has 206 valence electrons. The van der Waals surface area contributed by atoms with E-state index < -0.39 is 17.7 Å². The van der Waals surface area contributed by atoms with Crippen molar-refractivity contribution in [2.24, 2.45) is 0 Å². The van der Waals surface area contributed by atoms with Crippen LogP contribution in [-0.4, -0.2) is 29.8 Å². The van der Waals surface area contributed by atoms with Crippen molar-refractivity contribution in [1.29, 1.82) is 0 Å². The number of ether oxygens (including phenoxy) is 2. The van der Waals surface area contributed by atoms with Crippen molar-refractivity contribution < 1.29 is 19.1 Å². The number of unbranched alkanes of at least 4 members (excludes halogenated alkanes) is 10. The topological polar surface area (TPSA) is 64.6 Å². The molecule has 0 saturated heterocycles. The van der Waals surface area contributed by atoms with Gasteiger partial charge in [-0.25, -0.2) is 9.59 Å². The highest BCUT2D eigenvalue weighted by Crippen LogP contribution is 2.18. The van der Waals surface area contributed by atoms with Crippen LogP contribution in [0.2, 0.25) is 0 Å². The van der Waals surface area contributed by atoms with Crippen molar-refractivity contribution in [1.82, 2.24) is 5.32 Å². The van der Waals surface area contributed by atoms with E-state index in [4.69, 9.17) is 9.47 Å². The minimum atomic E-state index is -0.779. The number of amides is 1.